The Kier molecular flexibility index (Phi) is 4.65. The van der Waals surface area contributed by atoms with E-state index in [1.807, 2.05) is 0 Å². The van der Waals surface area contributed by atoms with Crippen LogP contribution in [0.15, 0.2) is 18.2 Å². The van der Waals surface area contributed by atoms with Gasteiger partial charge in [0.05, 0.1) is 5.56 Å². The predicted octanol–water partition coefficient (Wildman–Crippen LogP) is 0.739. The number of halogens is 1. The van der Waals surface area contributed by atoms with Crippen LogP contribution >= 0.6 is 0 Å². The lowest BCUT2D eigenvalue weighted by Gasteiger charge is -2.11. The van der Waals surface area contributed by atoms with Gasteiger partial charge in [-0.1, -0.05) is 0 Å². The first-order valence-electron chi connectivity index (χ1n) is 5.38. The Morgan fingerprint density at radius 3 is 2.67 bits per heavy atom. The fourth-order valence-corrected chi connectivity index (χ4v) is 1.29. The molecule has 0 fully saturated rings. The van der Waals surface area contributed by atoms with Crippen LogP contribution in [-0.4, -0.2) is 42.5 Å². The Balaban J connectivity index is 2.56. The Morgan fingerprint density at radius 2 is 2.06 bits per heavy atom. The van der Waals surface area contributed by atoms with Gasteiger partial charge in [-0.25, -0.2) is 4.39 Å². The normalized spacial score (nSPS) is 9.94. The third-order valence-corrected chi connectivity index (χ3v) is 2.33. The summed E-state index contributed by atoms with van der Waals surface area (Å²) in [6, 6.07) is 3.11. The van der Waals surface area contributed by atoms with Gasteiger partial charge in [0.1, 0.15) is 11.6 Å². The molecule has 5 nitrogen and oxygen atoms in total. The van der Waals surface area contributed by atoms with Gasteiger partial charge < -0.3 is 15.3 Å². The van der Waals surface area contributed by atoms with Gasteiger partial charge in [-0.2, -0.15) is 0 Å². The van der Waals surface area contributed by atoms with Crippen molar-refractivity contribution in [3.05, 3.63) is 29.6 Å². The average Bonchev–Trinajstić information content (AvgIpc) is 2.31. The molecule has 0 spiro atoms. The molecule has 1 aromatic carbocycles. The van der Waals surface area contributed by atoms with E-state index in [2.05, 4.69) is 5.32 Å². The smallest absolute Gasteiger partial charge is 0.255 e. The number of phenolic OH excluding ortho intramolecular Hbond substituents is 1. The standard InChI is InChI=1S/C12H15FN2O3/c1-15(2)11(17)5-6-14-12(18)9-7-8(13)3-4-10(9)16/h3-4,7,16H,5-6H2,1-2H3,(H,14,18). The zero-order chi connectivity index (χ0) is 13.7. The highest BCUT2D eigenvalue weighted by molar-refractivity contribution is 5.96. The van der Waals surface area contributed by atoms with Gasteiger partial charge in [0, 0.05) is 27.1 Å². The Bertz CT molecular complexity index is 461. The molecular weight excluding hydrogens is 239 g/mol. The molecule has 0 saturated heterocycles. The average molecular weight is 254 g/mol. The Labute approximate surface area is 104 Å². The van der Waals surface area contributed by atoms with Crippen molar-refractivity contribution in [3.63, 3.8) is 0 Å². The van der Waals surface area contributed by atoms with E-state index >= 15 is 0 Å². The fourth-order valence-electron chi connectivity index (χ4n) is 1.29. The van der Waals surface area contributed by atoms with Crippen LogP contribution in [0.5, 0.6) is 5.75 Å². The number of carbonyl (C=O) groups is 2. The minimum Gasteiger partial charge on any atom is -0.507 e. The van der Waals surface area contributed by atoms with Gasteiger partial charge in [0.25, 0.3) is 5.91 Å². The molecule has 2 N–H and O–H groups in total. The summed E-state index contributed by atoms with van der Waals surface area (Å²) in [4.78, 5) is 24.3. The highest BCUT2D eigenvalue weighted by Gasteiger charge is 2.12. The number of amides is 2. The second-order valence-corrected chi connectivity index (χ2v) is 3.96. The Morgan fingerprint density at radius 1 is 1.39 bits per heavy atom. The third kappa shape index (κ3) is 3.73. The number of aromatic hydroxyl groups is 1. The number of hydrogen-bond acceptors (Lipinski definition) is 3. The van der Waals surface area contributed by atoms with Gasteiger partial charge >= 0.3 is 0 Å². The van der Waals surface area contributed by atoms with Gasteiger partial charge in [-0.15, -0.1) is 0 Å². The van der Waals surface area contributed by atoms with Gasteiger partial charge in [-0.3, -0.25) is 9.59 Å². The number of rotatable bonds is 4. The van der Waals surface area contributed by atoms with Gasteiger partial charge in [-0.05, 0) is 18.2 Å². The van der Waals surface area contributed by atoms with E-state index in [1.54, 1.807) is 14.1 Å². The van der Waals surface area contributed by atoms with Crippen molar-refractivity contribution in [3.8, 4) is 5.75 Å². The summed E-state index contributed by atoms with van der Waals surface area (Å²) in [7, 11) is 3.23. The highest BCUT2D eigenvalue weighted by atomic mass is 19.1. The molecular formula is C12H15FN2O3. The Hall–Kier alpha value is -2.11. The highest BCUT2D eigenvalue weighted by Crippen LogP contribution is 2.17. The monoisotopic (exact) mass is 254 g/mol. The van der Waals surface area contributed by atoms with Gasteiger partial charge in [0.15, 0.2) is 0 Å². The molecule has 1 rings (SSSR count). The molecule has 0 bridgehead atoms. The zero-order valence-corrected chi connectivity index (χ0v) is 10.2. The van der Waals surface area contributed by atoms with Crippen molar-refractivity contribution in [1.82, 2.24) is 10.2 Å². The fraction of sp³-hybridized carbons (Fsp3) is 0.333. The molecule has 0 atom stereocenters. The second kappa shape index (κ2) is 6.00. The van der Waals surface area contributed by atoms with E-state index in [0.717, 1.165) is 18.2 Å². The van der Waals surface area contributed by atoms with Crippen LogP contribution in [-0.2, 0) is 4.79 Å². The van der Waals surface area contributed by atoms with Crippen LogP contribution in [0.4, 0.5) is 4.39 Å². The van der Waals surface area contributed by atoms with Crippen molar-refractivity contribution in [2.45, 2.75) is 6.42 Å². The summed E-state index contributed by atoms with van der Waals surface area (Å²) in [5.74, 6) is -1.65. The lowest BCUT2D eigenvalue weighted by molar-refractivity contribution is -0.128. The zero-order valence-electron chi connectivity index (χ0n) is 10.2. The SMILES string of the molecule is CN(C)C(=O)CCNC(=O)c1cc(F)ccc1O. The van der Waals surface area contributed by atoms with Crippen molar-refractivity contribution in [2.75, 3.05) is 20.6 Å². The van der Waals surface area contributed by atoms with Gasteiger partial charge in [0.2, 0.25) is 5.91 Å². The van der Waals surface area contributed by atoms with Crippen LogP contribution < -0.4 is 5.32 Å². The van der Waals surface area contributed by atoms with E-state index in [4.69, 9.17) is 0 Å². The first-order valence-corrected chi connectivity index (χ1v) is 5.38. The summed E-state index contributed by atoms with van der Waals surface area (Å²) in [6.45, 7) is 0.131. The molecule has 0 aliphatic heterocycles. The summed E-state index contributed by atoms with van der Waals surface area (Å²) >= 11 is 0. The molecule has 2 amide bonds. The molecule has 0 heterocycles. The maximum absolute atomic E-state index is 12.9. The lowest BCUT2D eigenvalue weighted by atomic mass is 10.2. The number of carbonyl (C=O) groups excluding carboxylic acids is 2. The number of phenols is 1. The first kappa shape index (κ1) is 14.0. The summed E-state index contributed by atoms with van der Waals surface area (Å²) in [5, 5.41) is 11.8. The number of nitrogens with one attached hydrogen (secondary N) is 1. The molecule has 1 aromatic rings. The van der Waals surface area contributed by atoms with E-state index in [-0.39, 0.29) is 30.2 Å². The molecule has 6 heteroatoms. The van der Waals surface area contributed by atoms with Crippen LogP contribution in [0.3, 0.4) is 0 Å². The van der Waals surface area contributed by atoms with Crippen LogP contribution in [0.1, 0.15) is 16.8 Å². The van der Waals surface area contributed by atoms with Crippen molar-refractivity contribution >= 4 is 11.8 Å². The molecule has 98 valence electrons. The first-order chi connectivity index (χ1) is 8.41. The maximum atomic E-state index is 12.9. The number of benzene rings is 1. The second-order valence-electron chi connectivity index (χ2n) is 3.96. The van der Waals surface area contributed by atoms with E-state index in [9.17, 15) is 19.1 Å². The van der Waals surface area contributed by atoms with E-state index in [0.29, 0.717) is 0 Å². The van der Waals surface area contributed by atoms with Crippen LogP contribution in [0.25, 0.3) is 0 Å². The molecule has 0 aliphatic rings. The topological polar surface area (TPSA) is 69.6 Å². The van der Waals surface area contributed by atoms with Crippen LogP contribution in [0, 0.1) is 5.82 Å². The number of hydrogen-bond donors (Lipinski definition) is 2. The minimum atomic E-state index is -0.612. The molecule has 0 unspecified atom stereocenters. The third-order valence-electron chi connectivity index (χ3n) is 2.33. The van der Waals surface area contributed by atoms with E-state index < -0.39 is 11.7 Å². The largest absolute Gasteiger partial charge is 0.507 e. The number of nitrogens with zero attached hydrogens (tertiary/aromatic N) is 1. The van der Waals surface area contributed by atoms with Crippen molar-refractivity contribution in [2.24, 2.45) is 0 Å². The molecule has 18 heavy (non-hydrogen) atoms. The molecule has 0 radical (unpaired) electrons. The summed E-state index contributed by atoms with van der Waals surface area (Å²) in [5.41, 5.74) is -0.146. The molecule has 0 aliphatic carbocycles. The lowest BCUT2D eigenvalue weighted by Crippen LogP contribution is -2.30. The summed E-state index contributed by atoms with van der Waals surface area (Å²) < 4.78 is 12.9. The molecule has 0 saturated carbocycles. The summed E-state index contributed by atoms with van der Waals surface area (Å²) in [6.07, 6.45) is 0.148. The predicted molar refractivity (Wildman–Crippen MR) is 63.7 cm³/mol. The van der Waals surface area contributed by atoms with Crippen molar-refractivity contribution < 1.29 is 19.1 Å². The van der Waals surface area contributed by atoms with Crippen molar-refractivity contribution in [1.29, 1.82) is 0 Å². The van der Waals surface area contributed by atoms with E-state index in [1.165, 1.54) is 4.90 Å². The van der Waals surface area contributed by atoms with Crippen LogP contribution in [0.2, 0.25) is 0 Å². The molecule has 0 aromatic heterocycles. The maximum Gasteiger partial charge on any atom is 0.255 e. The minimum absolute atomic E-state index is 0.126. The quantitative estimate of drug-likeness (QED) is 0.832.